The van der Waals surface area contributed by atoms with Gasteiger partial charge in [-0.1, -0.05) is 42.5 Å². The van der Waals surface area contributed by atoms with Gasteiger partial charge in [0.2, 0.25) is 0 Å². The molecule has 0 saturated carbocycles. The molecule has 4 aromatic rings. The SMILES string of the molecule is O=C(c1ccc(-c2cnco2)cc1)N1CCc2nc(-c3ccccc3)nn2CC1. The lowest BCUT2D eigenvalue weighted by atomic mass is 10.1. The van der Waals surface area contributed by atoms with E-state index in [1.165, 1.54) is 6.39 Å². The van der Waals surface area contributed by atoms with Gasteiger partial charge < -0.3 is 9.32 Å². The molecule has 0 aliphatic carbocycles. The van der Waals surface area contributed by atoms with Gasteiger partial charge >= 0.3 is 0 Å². The first-order chi connectivity index (χ1) is 14.3. The summed E-state index contributed by atoms with van der Waals surface area (Å²) in [4.78, 5) is 23.4. The molecule has 0 bridgehead atoms. The van der Waals surface area contributed by atoms with Crippen molar-refractivity contribution in [3.63, 3.8) is 0 Å². The highest BCUT2D eigenvalue weighted by Gasteiger charge is 2.22. The first kappa shape index (κ1) is 17.4. The van der Waals surface area contributed by atoms with E-state index >= 15 is 0 Å². The second kappa shape index (κ2) is 7.35. The molecule has 7 nitrogen and oxygen atoms in total. The molecule has 1 aliphatic rings. The molecule has 3 heterocycles. The second-order valence-corrected chi connectivity index (χ2v) is 6.93. The predicted molar refractivity (Wildman–Crippen MR) is 107 cm³/mol. The monoisotopic (exact) mass is 385 g/mol. The van der Waals surface area contributed by atoms with Crippen molar-refractivity contribution >= 4 is 5.91 Å². The first-order valence-corrected chi connectivity index (χ1v) is 9.55. The van der Waals surface area contributed by atoms with E-state index in [2.05, 4.69) is 15.1 Å². The average molecular weight is 385 g/mol. The minimum atomic E-state index is 0.0168. The van der Waals surface area contributed by atoms with E-state index in [1.54, 1.807) is 6.20 Å². The van der Waals surface area contributed by atoms with Crippen molar-refractivity contribution in [1.82, 2.24) is 24.6 Å². The van der Waals surface area contributed by atoms with Crippen molar-refractivity contribution in [2.75, 3.05) is 13.1 Å². The second-order valence-electron chi connectivity index (χ2n) is 6.93. The molecule has 29 heavy (non-hydrogen) atoms. The summed E-state index contributed by atoms with van der Waals surface area (Å²) in [6.45, 7) is 1.86. The normalized spacial score (nSPS) is 13.7. The number of rotatable bonds is 3. The van der Waals surface area contributed by atoms with Crippen LogP contribution in [0.5, 0.6) is 0 Å². The zero-order valence-electron chi connectivity index (χ0n) is 15.7. The summed E-state index contributed by atoms with van der Waals surface area (Å²) < 4.78 is 7.22. The van der Waals surface area contributed by atoms with Gasteiger partial charge in [0.25, 0.3) is 5.91 Å². The van der Waals surface area contributed by atoms with Crippen LogP contribution in [0.2, 0.25) is 0 Å². The van der Waals surface area contributed by atoms with Gasteiger partial charge in [-0.3, -0.25) is 4.79 Å². The van der Waals surface area contributed by atoms with E-state index in [4.69, 9.17) is 4.42 Å². The molecule has 1 aliphatic heterocycles. The standard InChI is InChI=1S/C22H19N5O2/c28-22(18-8-6-16(7-9-18)19-14-23-15-29-19)26-11-10-20-24-21(25-27(20)13-12-26)17-4-2-1-3-5-17/h1-9,14-15H,10-13H2. The molecule has 0 saturated heterocycles. The van der Waals surface area contributed by atoms with Gasteiger partial charge in [-0.05, 0) is 12.1 Å². The zero-order chi connectivity index (χ0) is 19.6. The van der Waals surface area contributed by atoms with E-state index in [0.29, 0.717) is 37.4 Å². The van der Waals surface area contributed by atoms with Gasteiger partial charge in [-0.25, -0.2) is 14.6 Å². The van der Waals surface area contributed by atoms with E-state index < -0.39 is 0 Å². The Bertz CT molecular complexity index is 1090. The van der Waals surface area contributed by atoms with Crippen LogP contribution in [0.3, 0.4) is 0 Å². The number of carbonyl (C=O) groups is 1. The smallest absolute Gasteiger partial charge is 0.253 e. The number of hydrogen-bond acceptors (Lipinski definition) is 5. The van der Waals surface area contributed by atoms with Crippen molar-refractivity contribution in [2.24, 2.45) is 0 Å². The molecule has 1 amide bonds. The van der Waals surface area contributed by atoms with E-state index in [1.807, 2.05) is 64.2 Å². The first-order valence-electron chi connectivity index (χ1n) is 9.55. The number of aromatic nitrogens is 4. The summed E-state index contributed by atoms with van der Waals surface area (Å²) >= 11 is 0. The lowest BCUT2D eigenvalue weighted by Crippen LogP contribution is -2.33. The maximum Gasteiger partial charge on any atom is 0.253 e. The molecule has 5 rings (SSSR count). The van der Waals surface area contributed by atoms with Crippen LogP contribution >= 0.6 is 0 Å². The Morgan fingerprint density at radius 2 is 1.76 bits per heavy atom. The Kier molecular flexibility index (Phi) is 4.40. The molecule has 0 unspecified atom stereocenters. The molecular weight excluding hydrogens is 366 g/mol. The predicted octanol–water partition coefficient (Wildman–Crippen LogP) is 3.30. The molecule has 0 fully saturated rings. The third-order valence-electron chi connectivity index (χ3n) is 5.10. The number of oxazole rings is 1. The highest BCUT2D eigenvalue weighted by atomic mass is 16.3. The van der Waals surface area contributed by atoms with Gasteiger partial charge in [0, 0.05) is 36.2 Å². The molecular formula is C22H19N5O2. The molecule has 0 N–H and O–H groups in total. The van der Waals surface area contributed by atoms with Crippen molar-refractivity contribution in [3.05, 3.63) is 78.6 Å². The van der Waals surface area contributed by atoms with Crippen molar-refractivity contribution in [3.8, 4) is 22.7 Å². The van der Waals surface area contributed by atoms with E-state index in [-0.39, 0.29) is 5.91 Å². The number of hydrogen-bond donors (Lipinski definition) is 0. The topological polar surface area (TPSA) is 77.1 Å². The molecule has 2 aromatic carbocycles. The fourth-order valence-electron chi connectivity index (χ4n) is 3.53. The number of fused-ring (bicyclic) bond motifs is 1. The third-order valence-corrected chi connectivity index (χ3v) is 5.10. The molecule has 144 valence electrons. The lowest BCUT2D eigenvalue weighted by molar-refractivity contribution is 0.0758. The highest BCUT2D eigenvalue weighted by molar-refractivity contribution is 5.94. The highest BCUT2D eigenvalue weighted by Crippen LogP contribution is 2.21. The van der Waals surface area contributed by atoms with Crippen LogP contribution in [0, 0.1) is 0 Å². The summed E-state index contributed by atoms with van der Waals surface area (Å²) in [5.74, 6) is 2.36. The summed E-state index contributed by atoms with van der Waals surface area (Å²) in [5, 5.41) is 4.64. The minimum Gasteiger partial charge on any atom is -0.444 e. The average Bonchev–Trinajstić information content (AvgIpc) is 3.41. The van der Waals surface area contributed by atoms with Crippen molar-refractivity contribution in [2.45, 2.75) is 13.0 Å². The molecule has 2 aromatic heterocycles. The lowest BCUT2D eigenvalue weighted by Gasteiger charge is -2.20. The van der Waals surface area contributed by atoms with Crippen molar-refractivity contribution in [1.29, 1.82) is 0 Å². The van der Waals surface area contributed by atoms with Crippen molar-refractivity contribution < 1.29 is 9.21 Å². The summed E-state index contributed by atoms with van der Waals surface area (Å²) in [6.07, 6.45) is 3.73. The van der Waals surface area contributed by atoms with Crippen LogP contribution in [0.4, 0.5) is 0 Å². The Labute approximate surface area is 167 Å². The Hall–Kier alpha value is -3.74. The Balaban J connectivity index is 1.29. The van der Waals surface area contributed by atoms with Crippen LogP contribution in [-0.2, 0) is 13.0 Å². The Morgan fingerprint density at radius 3 is 2.52 bits per heavy atom. The maximum absolute atomic E-state index is 13.0. The molecule has 0 spiro atoms. The summed E-state index contributed by atoms with van der Waals surface area (Å²) in [6, 6.07) is 17.4. The maximum atomic E-state index is 13.0. The van der Waals surface area contributed by atoms with Gasteiger partial charge in [-0.15, -0.1) is 0 Å². The zero-order valence-corrected chi connectivity index (χ0v) is 15.7. The van der Waals surface area contributed by atoms with Gasteiger partial charge in [-0.2, -0.15) is 5.10 Å². The van der Waals surface area contributed by atoms with Crippen LogP contribution in [-0.4, -0.2) is 43.6 Å². The number of nitrogens with zero attached hydrogens (tertiary/aromatic N) is 5. The summed E-state index contributed by atoms with van der Waals surface area (Å²) in [7, 11) is 0. The van der Waals surface area contributed by atoms with Gasteiger partial charge in [0.15, 0.2) is 18.0 Å². The quantitative estimate of drug-likeness (QED) is 0.541. The van der Waals surface area contributed by atoms with E-state index in [9.17, 15) is 4.79 Å². The van der Waals surface area contributed by atoms with Crippen LogP contribution in [0.15, 0.2) is 71.6 Å². The fourth-order valence-corrected chi connectivity index (χ4v) is 3.53. The number of benzene rings is 2. The molecule has 0 atom stereocenters. The summed E-state index contributed by atoms with van der Waals surface area (Å²) in [5.41, 5.74) is 2.56. The van der Waals surface area contributed by atoms with Gasteiger partial charge in [0.05, 0.1) is 12.7 Å². The van der Waals surface area contributed by atoms with Gasteiger partial charge in [0.1, 0.15) is 5.82 Å². The minimum absolute atomic E-state index is 0.0168. The molecule has 7 heteroatoms. The van der Waals surface area contributed by atoms with Crippen LogP contribution in [0.1, 0.15) is 16.2 Å². The Morgan fingerprint density at radius 1 is 0.931 bits per heavy atom. The van der Waals surface area contributed by atoms with E-state index in [0.717, 1.165) is 22.8 Å². The number of amides is 1. The largest absolute Gasteiger partial charge is 0.444 e. The van der Waals surface area contributed by atoms with Crippen LogP contribution in [0.25, 0.3) is 22.7 Å². The fraction of sp³-hybridized carbons (Fsp3) is 0.182. The van der Waals surface area contributed by atoms with Crippen LogP contribution < -0.4 is 0 Å². The third kappa shape index (κ3) is 3.42. The number of carbonyl (C=O) groups excluding carboxylic acids is 1. The molecule has 0 radical (unpaired) electrons.